The van der Waals surface area contributed by atoms with E-state index in [9.17, 15) is 0 Å². The largest absolute Gasteiger partial charge is 0.493 e. The Kier molecular flexibility index (Phi) is 10.8. The zero-order valence-corrected chi connectivity index (χ0v) is 14.9. The first-order chi connectivity index (χ1) is 10.7. The molecule has 0 spiro atoms. The third kappa shape index (κ3) is 9.09. The molecule has 0 radical (unpaired) electrons. The second-order valence-electron chi connectivity index (χ2n) is 6.47. The highest BCUT2D eigenvalue weighted by atomic mass is 16.5. The van der Waals surface area contributed by atoms with Crippen molar-refractivity contribution in [3.05, 3.63) is 29.8 Å². The Morgan fingerprint density at radius 2 is 1.55 bits per heavy atom. The third-order valence-electron chi connectivity index (χ3n) is 3.93. The topological polar surface area (TPSA) is 21.3 Å². The van der Waals surface area contributed by atoms with Crippen molar-refractivity contribution in [2.75, 3.05) is 6.61 Å². The molecule has 126 valence electrons. The highest BCUT2D eigenvalue weighted by Gasteiger charge is 2.03. The van der Waals surface area contributed by atoms with Gasteiger partial charge < -0.3 is 10.1 Å². The van der Waals surface area contributed by atoms with Crippen LogP contribution in [0.2, 0.25) is 0 Å². The third-order valence-corrected chi connectivity index (χ3v) is 3.93. The Balaban J connectivity index is 2.14. The summed E-state index contributed by atoms with van der Waals surface area (Å²) < 4.78 is 5.97. The van der Waals surface area contributed by atoms with E-state index in [1.807, 2.05) is 0 Å². The van der Waals surface area contributed by atoms with Gasteiger partial charge in [-0.25, -0.2) is 0 Å². The van der Waals surface area contributed by atoms with Crippen LogP contribution in [0.5, 0.6) is 5.75 Å². The molecular formula is C20H35NO. The lowest BCUT2D eigenvalue weighted by molar-refractivity contribution is 0.300. The summed E-state index contributed by atoms with van der Waals surface area (Å²) in [5.74, 6) is 1.04. The van der Waals surface area contributed by atoms with Gasteiger partial charge in [-0.2, -0.15) is 0 Å². The molecule has 2 nitrogen and oxygen atoms in total. The molecule has 0 aliphatic heterocycles. The average molecular weight is 306 g/mol. The van der Waals surface area contributed by atoms with E-state index in [0.29, 0.717) is 6.04 Å². The number of ether oxygens (including phenoxy) is 1. The number of nitrogens with one attached hydrogen (secondary N) is 1. The molecule has 0 unspecified atom stereocenters. The van der Waals surface area contributed by atoms with Crippen molar-refractivity contribution in [1.29, 1.82) is 0 Å². The monoisotopic (exact) mass is 305 g/mol. The summed E-state index contributed by atoms with van der Waals surface area (Å²) in [5, 5.41) is 3.46. The van der Waals surface area contributed by atoms with Crippen molar-refractivity contribution in [3.63, 3.8) is 0 Å². The van der Waals surface area contributed by atoms with Gasteiger partial charge in [-0.05, 0) is 12.5 Å². The molecule has 1 aromatic carbocycles. The van der Waals surface area contributed by atoms with Crippen molar-refractivity contribution >= 4 is 0 Å². The zero-order valence-electron chi connectivity index (χ0n) is 14.9. The lowest BCUT2D eigenvalue weighted by atomic mass is 10.1. The van der Waals surface area contributed by atoms with Gasteiger partial charge in [0.25, 0.3) is 0 Å². The number of rotatable bonds is 13. The quantitative estimate of drug-likeness (QED) is 0.472. The molecule has 0 aromatic heterocycles. The molecule has 0 fully saturated rings. The van der Waals surface area contributed by atoms with Gasteiger partial charge in [0.15, 0.2) is 0 Å². The molecule has 0 aliphatic carbocycles. The van der Waals surface area contributed by atoms with Gasteiger partial charge in [-0.15, -0.1) is 0 Å². The van der Waals surface area contributed by atoms with E-state index in [4.69, 9.17) is 4.74 Å². The van der Waals surface area contributed by atoms with Crippen molar-refractivity contribution in [3.8, 4) is 5.75 Å². The Labute approximate surface area is 137 Å². The molecule has 1 N–H and O–H groups in total. The molecule has 1 rings (SSSR count). The Morgan fingerprint density at radius 1 is 0.909 bits per heavy atom. The maximum atomic E-state index is 5.97. The van der Waals surface area contributed by atoms with Gasteiger partial charge in [0, 0.05) is 18.2 Å². The second-order valence-corrected chi connectivity index (χ2v) is 6.47. The summed E-state index contributed by atoms with van der Waals surface area (Å²) in [4.78, 5) is 0. The van der Waals surface area contributed by atoms with E-state index in [-0.39, 0.29) is 0 Å². The first-order valence-electron chi connectivity index (χ1n) is 9.18. The predicted molar refractivity (Wildman–Crippen MR) is 96.5 cm³/mol. The van der Waals surface area contributed by atoms with E-state index in [1.54, 1.807) is 0 Å². The maximum absolute atomic E-state index is 5.97. The van der Waals surface area contributed by atoms with Gasteiger partial charge in [0.2, 0.25) is 0 Å². The molecular weight excluding hydrogens is 270 g/mol. The lowest BCUT2D eigenvalue weighted by Gasteiger charge is -2.13. The van der Waals surface area contributed by atoms with Crippen molar-refractivity contribution < 1.29 is 4.74 Å². The molecule has 22 heavy (non-hydrogen) atoms. The van der Waals surface area contributed by atoms with Crippen molar-refractivity contribution in [2.24, 2.45) is 0 Å². The van der Waals surface area contributed by atoms with Gasteiger partial charge in [0.1, 0.15) is 5.75 Å². The van der Waals surface area contributed by atoms with Crippen LogP contribution in [0.15, 0.2) is 24.3 Å². The standard InChI is InChI=1S/C20H35NO/c1-4-5-6-7-8-9-10-13-16-22-20-15-12-11-14-19(20)17-21-18(2)3/h11-12,14-15,18,21H,4-10,13,16-17H2,1-3H3. The summed E-state index contributed by atoms with van der Waals surface area (Å²) in [6.07, 6.45) is 10.7. The summed E-state index contributed by atoms with van der Waals surface area (Å²) in [5.41, 5.74) is 1.26. The molecule has 0 bridgehead atoms. The Bertz CT molecular complexity index is 376. The van der Waals surface area contributed by atoms with Crippen LogP contribution in [0.4, 0.5) is 0 Å². The smallest absolute Gasteiger partial charge is 0.123 e. The van der Waals surface area contributed by atoms with E-state index < -0.39 is 0 Å². The van der Waals surface area contributed by atoms with Gasteiger partial charge in [0.05, 0.1) is 6.61 Å². The number of benzene rings is 1. The number of unbranched alkanes of at least 4 members (excludes halogenated alkanes) is 7. The minimum atomic E-state index is 0.501. The van der Waals surface area contributed by atoms with Gasteiger partial charge >= 0.3 is 0 Å². The van der Waals surface area contributed by atoms with E-state index >= 15 is 0 Å². The minimum absolute atomic E-state index is 0.501. The van der Waals surface area contributed by atoms with E-state index in [2.05, 4.69) is 50.4 Å². The second kappa shape index (κ2) is 12.5. The molecule has 0 heterocycles. The molecule has 0 saturated heterocycles. The summed E-state index contributed by atoms with van der Waals surface area (Å²) in [7, 11) is 0. The van der Waals surface area contributed by atoms with Crippen LogP contribution in [-0.4, -0.2) is 12.6 Å². The van der Waals surface area contributed by atoms with Crippen LogP contribution < -0.4 is 10.1 Å². The Hall–Kier alpha value is -1.02. The minimum Gasteiger partial charge on any atom is -0.493 e. The van der Waals surface area contributed by atoms with Crippen molar-refractivity contribution in [1.82, 2.24) is 5.32 Å². The number of hydrogen-bond acceptors (Lipinski definition) is 2. The molecule has 1 aromatic rings. The molecule has 0 saturated carbocycles. The van der Waals surface area contributed by atoms with Crippen LogP contribution >= 0.6 is 0 Å². The maximum Gasteiger partial charge on any atom is 0.123 e. The SMILES string of the molecule is CCCCCCCCCCOc1ccccc1CNC(C)C. The lowest BCUT2D eigenvalue weighted by Crippen LogP contribution is -2.22. The van der Waals surface area contributed by atoms with E-state index in [0.717, 1.165) is 18.9 Å². The van der Waals surface area contributed by atoms with Gasteiger partial charge in [-0.3, -0.25) is 0 Å². The van der Waals surface area contributed by atoms with Crippen LogP contribution in [0.1, 0.15) is 77.7 Å². The summed E-state index contributed by atoms with van der Waals surface area (Å²) in [6, 6.07) is 8.88. The van der Waals surface area contributed by atoms with Crippen LogP contribution in [0, 0.1) is 0 Å². The van der Waals surface area contributed by atoms with Gasteiger partial charge in [-0.1, -0.05) is 83.9 Å². The van der Waals surface area contributed by atoms with Crippen LogP contribution in [-0.2, 0) is 6.54 Å². The van der Waals surface area contributed by atoms with Crippen molar-refractivity contribution in [2.45, 2.75) is 84.7 Å². The molecule has 0 aliphatic rings. The first-order valence-corrected chi connectivity index (χ1v) is 9.18. The molecule has 0 amide bonds. The number of hydrogen-bond donors (Lipinski definition) is 1. The normalized spacial score (nSPS) is 11.1. The molecule has 2 heteroatoms. The number of para-hydroxylation sites is 1. The highest BCUT2D eigenvalue weighted by Crippen LogP contribution is 2.18. The first kappa shape index (κ1) is 19.0. The molecule has 0 atom stereocenters. The van der Waals surface area contributed by atoms with Crippen LogP contribution in [0.25, 0.3) is 0 Å². The fraction of sp³-hybridized carbons (Fsp3) is 0.700. The summed E-state index contributed by atoms with van der Waals surface area (Å²) >= 11 is 0. The van der Waals surface area contributed by atoms with E-state index in [1.165, 1.54) is 56.9 Å². The fourth-order valence-corrected chi connectivity index (χ4v) is 2.52. The summed E-state index contributed by atoms with van der Waals surface area (Å²) in [6.45, 7) is 8.33. The zero-order chi connectivity index (χ0) is 16.0. The fourth-order valence-electron chi connectivity index (χ4n) is 2.52. The average Bonchev–Trinajstić information content (AvgIpc) is 2.52. The predicted octanol–water partition coefficient (Wildman–Crippen LogP) is 5.70. The van der Waals surface area contributed by atoms with Crippen LogP contribution in [0.3, 0.4) is 0 Å². The highest BCUT2D eigenvalue weighted by molar-refractivity contribution is 5.33. The Morgan fingerprint density at radius 3 is 2.23 bits per heavy atom.